The molecular formula is C51H86N5O5S3-. The highest BCUT2D eigenvalue weighted by Crippen LogP contribution is 2.19. The van der Waals surface area contributed by atoms with Crippen LogP contribution >= 0.6 is 11.8 Å². The van der Waals surface area contributed by atoms with Crippen LogP contribution in [0, 0.1) is 5.41 Å². The van der Waals surface area contributed by atoms with Crippen LogP contribution in [-0.4, -0.2) is 113 Å². The van der Waals surface area contributed by atoms with Crippen molar-refractivity contribution in [3.05, 3.63) is 137 Å². The molecule has 2 aliphatic rings. The molecule has 64 heavy (non-hydrogen) atoms. The van der Waals surface area contributed by atoms with Gasteiger partial charge in [-0.3, -0.25) is 14.0 Å². The van der Waals surface area contributed by atoms with Crippen LogP contribution in [-0.2, 0) is 20.9 Å². The lowest BCUT2D eigenvalue weighted by Gasteiger charge is -2.33. The topological polar surface area (TPSA) is 156 Å². The zero-order valence-corrected chi connectivity index (χ0v) is 43.6. The summed E-state index contributed by atoms with van der Waals surface area (Å²) in [5.41, 5.74) is 11.8. The Kier molecular flexibility index (Phi) is 37.4. The summed E-state index contributed by atoms with van der Waals surface area (Å²) >= 11 is -0.593. The number of benzene rings is 2. The molecule has 2 saturated heterocycles. The van der Waals surface area contributed by atoms with Gasteiger partial charge in [0.1, 0.15) is 6.23 Å². The first-order valence-corrected chi connectivity index (χ1v) is 26.0. The van der Waals surface area contributed by atoms with Gasteiger partial charge in [-0.15, -0.1) is 11.8 Å². The number of thioether (sulfide) groups is 1. The summed E-state index contributed by atoms with van der Waals surface area (Å²) in [6.45, 7) is 28.5. The minimum atomic E-state index is -3.50. The fourth-order valence-corrected chi connectivity index (χ4v) is 6.94. The molecule has 2 fully saturated rings. The van der Waals surface area contributed by atoms with Crippen molar-refractivity contribution in [1.82, 2.24) is 14.7 Å². The normalized spacial score (nSPS) is 16.8. The first kappa shape index (κ1) is 63.0. The quantitative estimate of drug-likeness (QED) is 0.0578. The molecule has 0 amide bonds. The molecule has 2 heterocycles. The number of hydrogen-bond acceptors (Lipinski definition) is 11. The Bertz CT molecular complexity index is 1700. The molecule has 10 nitrogen and oxygen atoms in total. The van der Waals surface area contributed by atoms with Crippen LogP contribution in [0.2, 0.25) is 0 Å². The van der Waals surface area contributed by atoms with E-state index in [1.807, 2.05) is 67.2 Å². The third kappa shape index (κ3) is 38.2. The molecule has 13 heteroatoms. The van der Waals surface area contributed by atoms with E-state index in [-0.39, 0.29) is 4.91 Å². The van der Waals surface area contributed by atoms with Crippen LogP contribution < -0.4 is 11.5 Å². The van der Waals surface area contributed by atoms with Gasteiger partial charge in [0, 0.05) is 54.5 Å². The molecule has 2 unspecified atom stereocenters. The number of aliphatic hydroxyl groups is 1. The zero-order chi connectivity index (χ0) is 48.9. The summed E-state index contributed by atoms with van der Waals surface area (Å²) in [5, 5.41) is 10.2. The molecule has 0 spiro atoms. The van der Waals surface area contributed by atoms with E-state index in [0.717, 1.165) is 62.5 Å². The van der Waals surface area contributed by atoms with Gasteiger partial charge in [0.05, 0.1) is 4.75 Å². The largest absolute Gasteiger partial charge is 0.768 e. The number of piperazine rings is 1. The summed E-state index contributed by atoms with van der Waals surface area (Å²) < 4.78 is 44.0. The predicted molar refractivity (Wildman–Crippen MR) is 279 cm³/mol. The minimum absolute atomic E-state index is 0.153. The van der Waals surface area contributed by atoms with E-state index in [2.05, 4.69) is 112 Å². The van der Waals surface area contributed by atoms with Gasteiger partial charge in [0.25, 0.3) is 0 Å². The van der Waals surface area contributed by atoms with Gasteiger partial charge in [0.2, 0.25) is 0 Å². The van der Waals surface area contributed by atoms with Crippen LogP contribution in [0.3, 0.4) is 0 Å². The van der Waals surface area contributed by atoms with Crippen LogP contribution in [0.25, 0.3) is 0 Å². The van der Waals surface area contributed by atoms with Crippen molar-refractivity contribution < 1.29 is 22.3 Å². The zero-order valence-electron chi connectivity index (χ0n) is 41.2. The van der Waals surface area contributed by atoms with E-state index in [0.29, 0.717) is 5.41 Å². The van der Waals surface area contributed by atoms with Crippen LogP contribution in [0.4, 0.5) is 0 Å². The van der Waals surface area contributed by atoms with Gasteiger partial charge >= 0.3 is 0 Å². The molecule has 2 aliphatic heterocycles. The lowest BCUT2D eigenvalue weighted by atomic mass is 10.0. The SMILES string of the molecule is C/C=C/CN1CCN(C/C=C\C(=C/C)C(N)O)CC1.CC(C)(C)C.CC(C)(C)S(=O)(=O)/C=C/C(=C\C=C\N)S(=O)[O-].CCCSc1ccccc1.CN1CCCCC1.c1ccccc1. The smallest absolute Gasteiger partial charge is 0.176 e. The summed E-state index contributed by atoms with van der Waals surface area (Å²) in [6, 6.07) is 22.5. The van der Waals surface area contributed by atoms with Crippen molar-refractivity contribution in [3.63, 3.8) is 0 Å². The fourth-order valence-electron chi connectivity index (χ4n) is 4.96. The summed E-state index contributed by atoms with van der Waals surface area (Å²) in [4.78, 5) is 8.49. The number of rotatable bonds is 13. The molecular weight excluding hydrogens is 859 g/mol. The van der Waals surface area contributed by atoms with Crippen molar-refractivity contribution >= 4 is 32.7 Å². The van der Waals surface area contributed by atoms with Crippen molar-refractivity contribution in [2.24, 2.45) is 16.9 Å². The van der Waals surface area contributed by atoms with Crippen LogP contribution in [0.5, 0.6) is 0 Å². The van der Waals surface area contributed by atoms with Crippen molar-refractivity contribution in [2.45, 2.75) is 111 Å². The van der Waals surface area contributed by atoms with Gasteiger partial charge in [-0.05, 0) is 138 Å². The number of sulfone groups is 1. The number of nitrogens with two attached hydrogens (primary N) is 2. The Morgan fingerprint density at radius 3 is 1.66 bits per heavy atom. The maximum atomic E-state index is 11.7. The highest BCUT2D eigenvalue weighted by Gasteiger charge is 2.26. The Morgan fingerprint density at radius 2 is 1.30 bits per heavy atom. The number of likely N-dealkylation sites (tertiary alicyclic amines) is 1. The van der Waals surface area contributed by atoms with Crippen molar-refractivity contribution in [3.8, 4) is 0 Å². The second-order valence-electron chi connectivity index (χ2n) is 17.6. The number of allylic oxidation sites excluding steroid dienone is 5. The fraction of sp³-hybridized carbons (Fsp3) is 0.529. The number of hydrogen-bond donors (Lipinski definition) is 3. The molecule has 0 bridgehead atoms. The van der Waals surface area contributed by atoms with Gasteiger partial charge in [-0.2, -0.15) is 0 Å². The van der Waals surface area contributed by atoms with E-state index in [4.69, 9.17) is 11.5 Å². The Labute approximate surface area is 397 Å². The van der Waals surface area contributed by atoms with Gasteiger partial charge in [-0.25, -0.2) is 8.42 Å². The lowest BCUT2D eigenvalue weighted by molar-refractivity contribution is 0.153. The van der Waals surface area contributed by atoms with E-state index < -0.39 is 31.9 Å². The summed E-state index contributed by atoms with van der Waals surface area (Å²) in [5.74, 6) is 1.23. The summed E-state index contributed by atoms with van der Waals surface area (Å²) in [7, 11) is -1.31. The maximum Gasteiger partial charge on any atom is 0.176 e. The molecule has 0 radical (unpaired) electrons. The molecule has 2 aromatic carbocycles. The lowest BCUT2D eigenvalue weighted by Crippen LogP contribution is -2.46. The van der Waals surface area contributed by atoms with E-state index >= 15 is 0 Å². The Morgan fingerprint density at radius 1 is 0.828 bits per heavy atom. The number of aliphatic hydroxyl groups excluding tert-OH is 1. The summed E-state index contributed by atoms with van der Waals surface area (Å²) in [6.07, 6.45) is 19.5. The highest BCUT2D eigenvalue weighted by atomic mass is 32.2. The Balaban J connectivity index is 0. The van der Waals surface area contributed by atoms with Crippen molar-refractivity contribution in [1.29, 1.82) is 0 Å². The van der Waals surface area contributed by atoms with Gasteiger partial charge < -0.3 is 26.0 Å². The molecule has 0 aliphatic carbocycles. The molecule has 364 valence electrons. The molecule has 0 aromatic heterocycles. The second-order valence-corrected chi connectivity index (χ2v) is 22.3. The molecule has 2 atom stereocenters. The number of nitrogens with zero attached hydrogens (tertiary/aromatic N) is 3. The average Bonchev–Trinajstić information content (AvgIpc) is 3.25. The standard InChI is InChI=1S/C15H27N3O.C10H17NO4S2.C9H12S.C6H13N.C6H6.C5H12/c1-3-5-8-17-10-12-18(13-11-17)9-6-7-14(4-2)15(16)19;1-10(2,3)17(14,15)8-6-9(16(12)13)5-4-7-11;1-2-8-10-9-6-4-3-5-7-9;1-7-5-3-2-4-6-7;1-2-4-6-5-3-1;1-5(2,3)4/h3-7,15,19H,8-13,16H2,1-2H3;4-8H,11H2,1-3H3,(H,12,13);3-7H,2,8H2,1H3;2-6H2,1H3;1-6H;1-4H3/p-1/b5-3+,7-6-,14-4+;7-4+,8-6+,9-5+;;;;. The molecule has 0 saturated carbocycles. The Hall–Kier alpha value is -3.11. The molecule has 2 aromatic rings. The van der Waals surface area contributed by atoms with E-state index in [1.54, 1.807) is 0 Å². The van der Waals surface area contributed by atoms with Crippen LogP contribution in [0.1, 0.15) is 94.9 Å². The maximum absolute atomic E-state index is 11.7. The minimum Gasteiger partial charge on any atom is -0.768 e. The van der Waals surface area contributed by atoms with Crippen molar-refractivity contribution in [2.75, 3.05) is 65.2 Å². The van der Waals surface area contributed by atoms with E-state index in [9.17, 15) is 22.3 Å². The first-order chi connectivity index (χ1) is 30.1. The van der Waals surface area contributed by atoms with Crippen LogP contribution in [0.15, 0.2) is 142 Å². The molecule has 5 N–H and O–H groups in total. The number of piperidine rings is 1. The first-order valence-electron chi connectivity index (χ1n) is 22.4. The van der Waals surface area contributed by atoms with Gasteiger partial charge in [0.15, 0.2) is 9.84 Å². The average molecular weight is 945 g/mol. The second kappa shape index (κ2) is 38.0. The predicted octanol–water partition coefficient (Wildman–Crippen LogP) is 9.94. The monoisotopic (exact) mass is 945 g/mol. The molecule has 4 rings (SSSR count). The van der Waals surface area contributed by atoms with E-state index in [1.165, 1.54) is 82.3 Å². The van der Waals surface area contributed by atoms with Gasteiger partial charge in [-0.1, -0.05) is 126 Å². The third-order valence-electron chi connectivity index (χ3n) is 8.70. The highest BCUT2D eigenvalue weighted by molar-refractivity contribution is 7.99. The third-order valence-corrected chi connectivity index (χ3v) is 12.8.